The molecular formula is C13H14ClN5O2S. The fourth-order valence-electron chi connectivity index (χ4n) is 1.65. The first-order valence-corrected chi connectivity index (χ1v) is 7.57. The largest absolute Gasteiger partial charge is 0.351 e. The summed E-state index contributed by atoms with van der Waals surface area (Å²) in [4.78, 5) is 22.4. The van der Waals surface area contributed by atoms with Crippen LogP contribution in [-0.4, -0.2) is 32.0 Å². The van der Waals surface area contributed by atoms with E-state index in [0.717, 1.165) is 23.0 Å². The van der Waals surface area contributed by atoms with Crippen molar-refractivity contribution in [2.75, 3.05) is 0 Å². The quantitative estimate of drug-likeness (QED) is 0.828. The Morgan fingerprint density at radius 3 is 2.82 bits per heavy atom. The van der Waals surface area contributed by atoms with Gasteiger partial charge in [0.2, 0.25) is 5.91 Å². The minimum atomic E-state index is -0.885. The number of hydrogen-bond donors (Lipinski definition) is 2. The zero-order valence-electron chi connectivity index (χ0n) is 11.9. The van der Waals surface area contributed by atoms with Gasteiger partial charge >= 0.3 is 6.03 Å². The summed E-state index contributed by atoms with van der Waals surface area (Å²) in [5.74, 6) is -0.492. The number of nitrogens with two attached hydrogens (primary N) is 1. The van der Waals surface area contributed by atoms with Gasteiger partial charge in [-0.2, -0.15) is 0 Å². The summed E-state index contributed by atoms with van der Waals surface area (Å²) in [5.41, 5.74) is 6.67. The van der Waals surface area contributed by atoms with E-state index in [1.54, 1.807) is 17.6 Å². The van der Waals surface area contributed by atoms with Crippen molar-refractivity contribution in [3.63, 3.8) is 0 Å². The Morgan fingerprint density at radius 1 is 1.45 bits per heavy atom. The number of carbonyl (C=O) groups is 2. The van der Waals surface area contributed by atoms with Crippen molar-refractivity contribution in [3.8, 4) is 5.69 Å². The Bertz CT molecular complexity index is 718. The highest BCUT2D eigenvalue weighted by atomic mass is 35.5. The van der Waals surface area contributed by atoms with E-state index in [2.05, 4.69) is 10.2 Å². The fraction of sp³-hybridized carbons (Fsp3) is 0.231. The highest BCUT2D eigenvalue weighted by Gasteiger charge is 2.19. The van der Waals surface area contributed by atoms with Crippen molar-refractivity contribution in [3.05, 3.63) is 35.1 Å². The molecule has 0 bridgehead atoms. The molecule has 0 fully saturated rings. The third-order valence-electron chi connectivity index (χ3n) is 2.85. The predicted molar refractivity (Wildman–Crippen MR) is 84.2 cm³/mol. The molecule has 0 aliphatic carbocycles. The van der Waals surface area contributed by atoms with E-state index in [4.69, 9.17) is 17.3 Å². The van der Waals surface area contributed by atoms with Crippen molar-refractivity contribution in [1.82, 2.24) is 20.1 Å². The molecule has 116 valence electrons. The number of primary amides is 1. The monoisotopic (exact) mass is 339 g/mol. The maximum absolute atomic E-state index is 11.7. The molecule has 3 amide bonds. The zero-order chi connectivity index (χ0) is 16.3. The van der Waals surface area contributed by atoms with Gasteiger partial charge in [0.05, 0.1) is 10.9 Å². The number of urea groups is 1. The van der Waals surface area contributed by atoms with Crippen LogP contribution in [0.3, 0.4) is 0 Å². The summed E-state index contributed by atoms with van der Waals surface area (Å²) in [6.45, 7) is 3.55. The SMILES string of the molecule is Cc1ccc(-n2cnnc2S[C@H](C)C(=O)NC(N)=O)cc1Cl. The van der Waals surface area contributed by atoms with Crippen LogP contribution in [0, 0.1) is 6.92 Å². The number of benzene rings is 1. The van der Waals surface area contributed by atoms with Gasteiger partial charge in [-0.3, -0.25) is 14.7 Å². The van der Waals surface area contributed by atoms with Crippen LogP contribution >= 0.6 is 23.4 Å². The molecular weight excluding hydrogens is 326 g/mol. The van der Waals surface area contributed by atoms with E-state index in [1.807, 2.05) is 24.4 Å². The molecule has 0 aliphatic rings. The van der Waals surface area contributed by atoms with Gasteiger partial charge in [-0.1, -0.05) is 29.4 Å². The van der Waals surface area contributed by atoms with E-state index in [-0.39, 0.29) is 0 Å². The number of aryl methyl sites for hydroxylation is 1. The molecule has 0 aliphatic heterocycles. The second-order valence-electron chi connectivity index (χ2n) is 4.53. The molecule has 0 spiro atoms. The molecule has 0 radical (unpaired) electrons. The van der Waals surface area contributed by atoms with Crippen LogP contribution < -0.4 is 11.1 Å². The summed E-state index contributed by atoms with van der Waals surface area (Å²) in [6, 6.07) is 4.67. The Morgan fingerprint density at radius 2 is 2.18 bits per heavy atom. The number of nitrogens with one attached hydrogen (secondary N) is 1. The lowest BCUT2D eigenvalue weighted by atomic mass is 10.2. The van der Waals surface area contributed by atoms with Gasteiger partial charge in [0.25, 0.3) is 0 Å². The number of imide groups is 1. The molecule has 0 unspecified atom stereocenters. The van der Waals surface area contributed by atoms with Crippen molar-refractivity contribution < 1.29 is 9.59 Å². The standard InChI is InChI=1S/C13H14ClN5O2S/c1-7-3-4-9(5-10(7)14)19-6-16-18-13(19)22-8(2)11(20)17-12(15)21/h3-6,8H,1-2H3,(H3,15,17,20,21)/t8-/m1/s1. The summed E-state index contributed by atoms with van der Waals surface area (Å²) in [7, 11) is 0. The van der Waals surface area contributed by atoms with Crippen LogP contribution in [0.25, 0.3) is 5.69 Å². The van der Waals surface area contributed by atoms with Gasteiger partial charge in [0.1, 0.15) is 6.33 Å². The van der Waals surface area contributed by atoms with Crippen LogP contribution in [-0.2, 0) is 4.79 Å². The van der Waals surface area contributed by atoms with E-state index in [0.29, 0.717) is 10.2 Å². The second kappa shape index (κ2) is 6.80. The Hall–Kier alpha value is -2.06. The summed E-state index contributed by atoms with van der Waals surface area (Å²) < 4.78 is 1.71. The summed E-state index contributed by atoms with van der Waals surface area (Å²) in [6.07, 6.45) is 1.53. The first-order chi connectivity index (χ1) is 10.4. The first-order valence-electron chi connectivity index (χ1n) is 6.32. The maximum Gasteiger partial charge on any atom is 0.318 e. The van der Waals surface area contributed by atoms with E-state index in [9.17, 15) is 9.59 Å². The first kappa shape index (κ1) is 16.3. The molecule has 1 aromatic carbocycles. The lowest BCUT2D eigenvalue weighted by molar-refractivity contribution is -0.119. The highest BCUT2D eigenvalue weighted by molar-refractivity contribution is 8.00. The average molecular weight is 340 g/mol. The molecule has 3 N–H and O–H groups in total. The number of thioether (sulfide) groups is 1. The second-order valence-corrected chi connectivity index (χ2v) is 6.25. The molecule has 1 heterocycles. The average Bonchev–Trinajstić information content (AvgIpc) is 2.89. The number of carbonyl (C=O) groups excluding carboxylic acids is 2. The van der Waals surface area contributed by atoms with Crippen molar-refractivity contribution >= 4 is 35.3 Å². The molecule has 7 nitrogen and oxygen atoms in total. The van der Waals surface area contributed by atoms with Gasteiger partial charge < -0.3 is 5.73 Å². The van der Waals surface area contributed by atoms with Crippen molar-refractivity contribution in [1.29, 1.82) is 0 Å². The van der Waals surface area contributed by atoms with Crippen LogP contribution in [0.4, 0.5) is 4.79 Å². The van der Waals surface area contributed by atoms with Gasteiger partial charge in [-0.05, 0) is 31.5 Å². The summed E-state index contributed by atoms with van der Waals surface area (Å²) in [5, 5.41) is 10.4. The van der Waals surface area contributed by atoms with Gasteiger partial charge in [-0.25, -0.2) is 4.79 Å². The third-order valence-corrected chi connectivity index (χ3v) is 4.31. The molecule has 0 saturated carbocycles. The van der Waals surface area contributed by atoms with E-state index in [1.165, 1.54) is 6.33 Å². The molecule has 1 atom stereocenters. The zero-order valence-corrected chi connectivity index (χ0v) is 13.5. The van der Waals surface area contributed by atoms with Gasteiger partial charge in [0, 0.05) is 5.02 Å². The number of aromatic nitrogens is 3. The lowest BCUT2D eigenvalue weighted by Crippen LogP contribution is -2.39. The van der Waals surface area contributed by atoms with Crippen LogP contribution in [0.2, 0.25) is 5.02 Å². The predicted octanol–water partition coefficient (Wildman–Crippen LogP) is 1.90. The van der Waals surface area contributed by atoms with Crippen LogP contribution in [0.5, 0.6) is 0 Å². The van der Waals surface area contributed by atoms with Gasteiger partial charge in [-0.15, -0.1) is 10.2 Å². The lowest BCUT2D eigenvalue weighted by Gasteiger charge is -2.11. The number of amides is 3. The molecule has 0 saturated heterocycles. The Kier molecular flexibility index (Phi) is 5.04. The van der Waals surface area contributed by atoms with Crippen LogP contribution in [0.15, 0.2) is 29.7 Å². The number of nitrogens with zero attached hydrogens (tertiary/aromatic N) is 3. The van der Waals surface area contributed by atoms with Crippen molar-refractivity contribution in [2.45, 2.75) is 24.3 Å². The third kappa shape index (κ3) is 3.77. The molecule has 2 rings (SSSR count). The fourth-order valence-corrected chi connectivity index (χ4v) is 2.67. The van der Waals surface area contributed by atoms with Crippen LogP contribution in [0.1, 0.15) is 12.5 Å². The Labute approximate surface area is 136 Å². The minimum absolute atomic E-state index is 0.492. The molecule has 9 heteroatoms. The molecule has 2 aromatic rings. The Balaban J connectivity index is 2.20. The number of halogens is 1. The van der Waals surface area contributed by atoms with E-state index >= 15 is 0 Å². The van der Waals surface area contributed by atoms with E-state index < -0.39 is 17.2 Å². The normalized spacial score (nSPS) is 12.0. The van der Waals surface area contributed by atoms with Crippen molar-refractivity contribution in [2.24, 2.45) is 5.73 Å². The van der Waals surface area contributed by atoms with Gasteiger partial charge in [0.15, 0.2) is 5.16 Å². The summed E-state index contributed by atoms with van der Waals surface area (Å²) >= 11 is 7.28. The molecule has 22 heavy (non-hydrogen) atoms. The maximum atomic E-state index is 11.7. The highest BCUT2D eigenvalue weighted by Crippen LogP contribution is 2.26. The number of hydrogen-bond acceptors (Lipinski definition) is 5. The smallest absolute Gasteiger partial charge is 0.318 e. The number of rotatable bonds is 4. The topological polar surface area (TPSA) is 103 Å². The molecule has 1 aromatic heterocycles. The minimum Gasteiger partial charge on any atom is -0.351 e.